The Balaban J connectivity index is 1.61. The molecule has 4 heteroatoms. The minimum atomic E-state index is -0.180. The highest BCUT2D eigenvalue weighted by atomic mass is 16.6. The van der Waals surface area contributed by atoms with Gasteiger partial charge in [-0.25, -0.2) is 4.79 Å². The number of carbonyl (C=O) groups excluding carboxylic acids is 1. The van der Waals surface area contributed by atoms with Crippen LogP contribution in [0.2, 0.25) is 0 Å². The zero-order chi connectivity index (χ0) is 12.6. The standard InChI is InChI=1S/C14H25NO3/c16-14(11-17-12-7-9-15-10-8-12)18-13-5-3-1-2-4-6-13/h12-13,15H,1-11H2. The summed E-state index contributed by atoms with van der Waals surface area (Å²) >= 11 is 0. The molecule has 104 valence electrons. The van der Waals surface area contributed by atoms with Gasteiger partial charge in [0.1, 0.15) is 12.7 Å². The third-order valence-electron chi connectivity index (χ3n) is 3.82. The molecule has 1 saturated carbocycles. The molecule has 0 aromatic heterocycles. The van der Waals surface area contributed by atoms with E-state index in [1.54, 1.807) is 0 Å². The SMILES string of the molecule is O=C(COC1CCNCC1)OC1CCCCCC1. The number of esters is 1. The average molecular weight is 255 g/mol. The molecule has 0 aromatic carbocycles. The minimum absolute atomic E-state index is 0.126. The molecular weight excluding hydrogens is 230 g/mol. The van der Waals surface area contributed by atoms with Crippen molar-refractivity contribution in [1.29, 1.82) is 0 Å². The molecule has 0 aromatic rings. The van der Waals surface area contributed by atoms with Crippen molar-refractivity contribution in [3.63, 3.8) is 0 Å². The number of hydrogen-bond donors (Lipinski definition) is 1. The lowest BCUT2D eigenvalue weighted by Gasteiger charge is -2.23. The second-order valence-electron chi connectivity index (χ2n) is 5.36. The van der Waals surface area contributed by atoms with E-state index < -0.39 is 0 Å². The van der Waals surface area contributed by atoms with Gasteiger partial charge in [-0.1, -0.05) is 12.8 Å². The summed E-state index contributed by atoms with van der Waals surface area (Å²) in [5.41, 5.74) is 0. The van der Waals surface area contributed by atoms with Crippen LogP contribution in [0.15, 0.2) is 0 Å². The maximum absolute atomic E-state index is 11.7. The van der Waals surface area contributed by atoms with E-state index in [4.69, 9.17) is 9.47 Å². The second-order valence-corrected chi connectivity index (χ2v) is 5.36. The van der Waals surface area contributed by atoms with Gasteiger partial charge >= 0.3 is 5.97 Å². The van der Waals surface area contributed by atoms with E-state index in [0.29, 0.717) is 0 Å². The van der Waals surface area contributed by atoms with Gasteiger partial charge in [-0.05, 0) is 51.6 Å². The Bertz CT molecular complexity index is 243. The number of rotatable bonds is 4. The lowest BCUT2D eigenvalue weighted by Crippen LogP contribution is -2.34. The van der Waals surface area contributed by atoms with Gasteiger partial charge in [0.25, 0.3) is 0 Å². The zero-order valence-corrected chi connectivity index (χ0v) is 11.2. The van der Waals surface area contributed by atoms with Gasteiger partial charge in [-0.15, -0.1) is 0 Å². The van der Waals surface area contributed by atoms with Crippen molar-refractivity contribution in [2.24, 2.45) is 0 Å². The van der Waals surface area contributed by atoms with E-state index in [1.807, 2.05) is 0 Å². The molecule has 0 unspecified atom stereocenters. The van der Waals surface area contributed by atoms with Gasteiger partial charge < -0.3 is 14.8 Å². The number of nitrogens with one attached hydrogen (secondary N) is 1. The van der Waals surface area contributed by atoms with E-state index in [-0.39, 0.29) is 24.8 Å². The first-order chi connectivity index (χ1) is 8.84. The smallest absolute Gasteiger partial charge is 0.332 e. The fourth-order valence-electron chi connectivity index (χ4n) is 2.73. The first kappa shape index (κ1) is 13.8. The van der Waals surface area contributed by atoms with E-state index in [0.717, 1.165) is 38.8 Å². The van der Waals surface area contributed by atoms with Gasteiger partial charge in [0.15, 0.2) is 0 Å². The topological polar surface area (TPSA) is 47.6 Å². The Hall–Kier alpha value is -0.610. The summed E-state index contributed by atoms with van der Waals surface area (Å²) in [6, 6.07) is 0. The van der Waals surface area contributed by atoms with Crippen LogP contribution in [0, 0.1) is 0 Å². The van der Waals surface area contributed by atoms with Gasteiger partial charge in [0.2, 0.25) is 0 Å². The summed E-state index contributed by atoms with van der Waals surface area (Å²) in [6.07, 6.45) is 9.34. The van der Waals surface area contributed by atoms with Gasteiger partial charge in [0, 0.05) is 0 Å². The summed E-state index contributed by atoms with van der Waals surface area (Å²) in [7, 11) is 0. The van der Waals surface area contributed by atoms with Crippen LogP contribution in [0.4, 0.5) is 0 Å². The minimum Gasteiger partial charge on any atom is -0.461 e. The Morgan fingerprint density at radius 2 is 1.61 bits per heavy atom. The predicted octanol–water partition coefficient (Wildman–Crippen LogP) is 2.02. The Morgan fingerprint density at radius 3 is 2.28 bits per heavy atom. The van der Waals surface area contributed by atoms with Gasteiger partial charge in [-0.2, -0.15) is 0 Å². The number of carbonyl (C=O) groups is 1. The Labute approximate surface area is 109 Å². The third kappa shape index (κ3) is 4.94. The lowest BCUT2D eigenvalue weighted by atomic mass is 10.1. The number of hydrogen-bond acceptors (Lipinski definition) is 4. The molecule has 0 spiro atoms. The first-order valence-electron chi connectivity index (χ1n) is 7.36. The number of ether oxygens (including phenoxy) is 2. The Morgan fingerprint density at radius 1 is 0.944 bits per heavy atom. The molecule has 1 N–H and O–H groups in total. The highest BCUT2D eigenvalue weighted by Gasteiger charge is 2.19. The summed E-state index contributed by atoms with van der Waals surface area (Å²) in [6.45, 7) is 2.10. The van der Waals surface area contributed by atoms with E-state index in [1.165, 1.54) is 25.7 Å². The third-order valence-corrected chi connectivity index (χ3v) is 3.82. The van der Waals surface area contributed by atoms with Crippen LogP contribution in [0.1, 0.15) is 51.4 Å². The van der Waals surface area contributed by atoms with Crippen molar-refractivity contribution in [2.75, 3.05) is 19.7 Å². The summed E-state index contributed by atoms with van der Waals surface area (Å²) in [4.78, 5) is 11.7. The highest BCUT2D eigenvalue weighted by Crippen LogP contribution is 2.20. The van der Waals surface area contributed by atoms with E-state index >= 15 is 0 Å². The maximum atomic E-state index is 11.7. The monoisotopic (exact) mass is 255 g/mol. The van der Waals surface area contributed by atoms with E-state index in [9.17, 15) is 4.79 Å². The maximum Gasteiger partial charge on any atom is 0.332 e. The van der Waals surface area contributed by atoms with Crippen molar-refractivity contribution in [3.8, 4) is 0 Å². The average Bonchev–Trinajstić information content (AvgIpc) is 2.66. The van der Waals surface area contributed by atoms with E-state index in [2.05, 4.69) is 5.32 Å². The van der Waals surface area contributed by atoms with Crippen molar-refractivity contribution in [3.05, 3.63) is 0 Å². The molecule has 1 aliphatic carbocycles. The highest BCUT2D eigenvalue weighted by molar-refractivity contribution is 5.70. The molecule has 0 bridgehead atoms. The summed E-state index contributed by atoms with van der Waals surface area (Å²) < 4.78 is 11.1. The zero-order valence-electron chi connectivity index (χ0n) is 11.2. The van der Waals surface area contributed by atoms with Gasteiger partial charge in [-0.3, -0.25) is 0 Å². The second kappa shape index (κ2) is 7.74. The van der Waals surface area contributed by atoms with Crippen LogP contribution in [-0.4, -0.2) is 37.9 Å². The van der Waals surface area contributed by atoms with Gasteiger partial charge in [0.05, 0.1) is 6.10 Å². The molecule has 18 heavy (non-hydrogen) atoms. The molecule has 4 nitrogen and oxygen atoms in total. The number of piperidine rings is 1. The fraction of sp³-hybridized carbons (Fsp3) is 0.929. The van der Waals surface area contributed by atoms with Crippen LogP contribution in [0.25, 0.3) is 0 Å². The quantitative estimate of drug-likeness (QED) is 0.617. The Kier molecular flexibility index (Phi) is 5.94. The molecule has 1 saturated heterocycles. The molecule has 1 aliphatic heterocycles. The fourth-order valence-corrected chi connectivity index (χ4v) is 2.73. The van der Waals surface area contributed by atoms with Crippen molar-refractivity contribution < 1.29 is 14.3 Å². The van der Waals surface area contributed by atoms with Crippen molar-refractivity contribution in [2.45, 2.75) is 63.6 Å². The van der Waals surface area contributed by atoms with Crippen LogP contribution in [0.5, 0.6) is 0 Å². The molecule has 2 aliphatic rings. The molecule has 2 rings (SSSR count). The van der Waals surface area contributed by atoms with Crippen LogP contribution in [-0.2, 0) is 14.3 Å². The molecule has 0 atom stereocenters. The molecule has 1 heterocycles. The van der Waals surface area contributed by atoms with Crippen LogP contribution in [0.3, 0.4) is 0 Å². The van der Waals surface area contributed by atoms with Crippen LogP contribution >= 0.6 is 0 Å². The predicted molar refractivity (Wildman–Crippen MR) is 69.4 cm³/mol. The summed E-state index contributed by atoms with van der Waals surface area (Å²) in [5, 5.41) is 3.28. The molecular formula is C14H25NO3. The van der Waals surface area contributed by atoms with Crippen LogP contribution < -0.4 is 5.32 Å². The first-order valence-corrected chi connectivity index (χ1v) is 7.36. The van der Waals surface area contributed by atoms with Crippen molar-refractivity contribution in [1.82, 2.24) is 5.32 Å². The molecule has 0 amide bonds. The molecule has 2 fully saturated rings. The summed E-state index contributed by atoms with van der Waals surface area (Å²) in [5.74, 6) is -0.180. The molecule has 0 radical (unpaired) electrons. The van der Waals surface area contributed by atoms with Crippen molar-refractivity contribution >= 4 is 5.97 Å². The largest absolute Gasteiger partial charge is 0.461 e. The normalized spacial score (nSPS) is 23.6. The lowest BCUT2D eigenvalue weighted by molar-refractivity contribution is -0.157.